The number of rotatable bonds is 3. The number of nitrogens with one attached hydrogen (secondary N) is 1. The Bertz CT molecular complexity index is 1090. The Balaban J connectivity index is 1.64. The first-order valence-corrected chi connectivity index (χ1v) is 9.78. The highest BCUT2D eigenvalue weighted by Crippen LogP contribution is 2.36. The number of fused-ring (bicyclic) bond motifs is 3. The Morgan fingerprint density at radius 3 is 3.04 bits per heavy atom. The number of nitrogens with zero attached hydrogens (tertiary/aromatic N) is 1. The topological polar surface area (TPSA) is 92.3 Å². The second-order valence-corrected chi connectivity index (χ2v) is 8.16. The molecule has 1 aliphatic rings. The third-order valence-corrected chi connectivity index (χ3v) is 6.08. The largest absolute Gasteiger partial charge is 0.508 e. The van der Waals surface area contributed by atoms with Crippen molar-refractivity contribution in [1.29, 1.82) is 0 Å². The van der Waals surface area contributed by atoms with E-state index in [1.54, 1.807) is 30.4 Å². The molecule has 2 aromatic heterocycles. The molecular weight excluding hydrogens is 364 g/mol. The minimum absolute atomic E-state index is 0.0107. The third kappa shape index (κ3) is 3.35. The molecule has 0 spiro atoms. The monoisotopic (exact) mass is 384 g/mol. The van der Waals surface area contributed by atoms with E-state index in [-0.39, 0.29) is 16.9 Å². The van der Waals surface area contributed by atoms with Gasteiger partial charge < -0.3 is 14.8 Å². The van der Waals surface area contributed by atoms with Crippen LogP contribution in [0.15, 0.2) is 29.1 Å². The average molecular weight is 384 g/mol. The van der Waals surface area contributed by atoms with Gasteiger partial charge in [-0.3, -0.25) is 4.79 Å². The van der Waals surface area contributed by atoms with Crippen LogP contribution in [0, 0.1) is 5.92 Å². The quantitative estimate of drug-likeness (QED) is 0.671. The number of thiophene rings is 1. The van der Waals surface area contributed by atoms with E-state index in [9.17, 15) is 14.7 Å². The summed E-state index contributed by atoms with van der Waals surface area (Å²) in [7, 11) is 0. The van der Waals surface area contributed by atoms with Crippen LogP contribution in [0.1, 0.15) is 53.0 Å². The minimum Gasteiger partial charge on any atom is -0.508 e. The number of aryl methyl sites for hydroxylation is 1. The maximum absolute atomic E-state index is 12.7. The molecule has 1 aliphatic carbocycles. The molecule has 6 nitrogen and oxygen atoms in total. The number of benzene rings is 1. The number of H-pyrrole nitrogens is 1. The molecule has 0 unspecified atom stereocenters. The molecule has 0 saturated carbocycles. The molecule has 3 aromatic rings. The van der Waals surface area contributed by atoms with Gasteiger partial charge in [0.1, 0.15) is 10.6 Å². The lowest BCUT2D eigenvalue weighted by Gasteiger charge is -2.17. The lowest BCUT2D eigenvalue weighted by atomic mass is 9.89. The molecule has 7 heteroatoms. The Hall–Kier alpha value is -2.67. The van der Waals surface area contributed by atoms with E-state index in [0.717, 1.165) is 24.8 Å². The van der Waals surface area contributed by atoms with Crippen molar-refractivity contribution in [3.63, 3.8) is 0 Å². The molecule has 0 fully saturated rings. The number of aromatic amines is 1. The maximum Gasteiger partial charge on any atom is 0.338 e. The van der Waals surface area contributed by atoms with Gasteiger partial charge in [-0.25, -0.2) is 9.78 Å². The lowest BCUT2D eigenvalue weighted by molar-refractivity contribution is 0.0319. The van der Waals surface area contributed by atoms with Crippen LogP contribution < -0.4 is 5.56 Å². The van der Waals surface area contributed by atoms with E-state index in [2.05, 4.69) is 16.9 Å². The molecule has 27 heavy (non-hydrogen) atoms. The molecular formula is C20H20N2O4S. The number of hydrogen-bond acceptors (Lipinski definition) is 6. The van der Waals surface area contributed by atoms with Crippen molar-refractivity contribution in [1.82, 2.24) is 9.97 Å². The second kappa shape index (κ2) is 6.81. The molecule has 0 saturated heterocycles. The zero-order chi connectivity index (χ0) is 19.1. The fourth-order valence-corrected chi connectivity index (χ4v) is 4.87. The van der Waals surface area contributed by atoms with Crippen LogP contribution in [0.4, 0.5) is 0 Å². The van der Waals surface area contributed by atoms with Crippen LogP contribution in [-0.2, 0) is 17.6 Å². The van der Waals surface area contributed by atoms with Crippen LogP contribution in [-0.4, -0.2) is 21.0 Å². The van der Waals surface area contributed by atoms with Crippen LogP contribution in [0.25, 0.3) is 10.2 Å². The summed E-state index contributed by atoms with van der Waals surface area (Å²) in [5, 5.41) is 10.2. The molecule has 0 amide bonds. The van der Waals surface area contributed by atoms with E-state index in [1.807, 2.05) is 0 Å². The molecule has 2 N–H and O–H groups in total. The number of phenols is 1. The summed E-state index contributed by atoms with van der Waals surface area (Å²) in [6.45, 7) is 3.89. The van der Waals surface area contributed by atoms with Crippen molar-refractivity contribution in [2.75, 3.05) is 0 Å². The number of phenolic OH excluding ortho intramolecular Hbond substituents is 1. The van der Waals surface area contributed by atoms with Gasteiger partial charge in [-0.05, 0) is 55.9 Å². The minimum atomic E-state index is -0.713. The van der Waals surface area contributed by atoms with Crippen LogP contribution >= 0.6 is 11.3 Å². The molecule has 2 heterocycles. The SMILES string of the molecule is C[C@H]1CCc2c(sc3nc([C@H](C)OC(=O)c4cccc(O)c4)[nH]c(=O)c23)C1. The van der Waals surface area contributed by atoms with Crippen molar-refractivity contribution >= 4 is 27.5 Å². The van der Waals surface area contributed by atoms with Gasteiger partial charge in [0.05, 0.1) is 10.9 Å². The summed E-state index contributed by atoms with van der Waals surface area (Å²) in [4.78, 5) is 34.2. The van der Waals surface area contributed by atoms with E-state index < -0.39 is 12.1 Å². The Kier molecular flexibility index (Phi) is 4.47. The van der Waals surface area contributed by atoms with Gasteiger partial charge in [0.25, 0.3) is 5.56 Å². The highest BCUT2D eigenvalue weighted by atomic mass is 32.1. The molecule has 4 rings (SSSR count). The maximum atomic E-state index is 12.7. The van der Waals surface area contributed by atoms with Crippen molar-refractivity contribution in [3.8, 4) is 5.75 Å². The highest BCUT2D eigenvalue weighted by molar-refractivity contribution is 7.18. The van der Waals surface area contributed by atoms with E-state index in [0.29, 0.717) is 22.0 Å². The summed E-state index contributed by atoms with van der Waals surface area (Å²) in [6.07, 6.45) is 2.25. The number of esters is 1. The fraction of sp³-hybridized carbons (Fsp3) is 0.350. The second-order valence-electron chi connectivity index (χ2n) is 7.08. The number of hydrogen-bond donors (Lipinski definition) is 2. The predicted molar refractivity (Wildman–Crippen MR) is 103 cm³/mol. The van der Waals surface area contributed by atoms with Gasteiger partial charge in [0, 0.05) is 4.88 Å². The van der Waals surface area contributed by atoms with Gasteiger partial charge in [-0.1, -0.05) is 13.0 Å². The van der Waals surface area contributed by atoms with E-state index >= 15 is 0 Å². The molecule has 0 radical (unpaired) electrons. The van der Waals surface area contributed by atoms with Crippen molar-refractivity contribution < 1.29 is 14.6 Å². The molecule has 0 aliphatic heterocycles. The van der Waals surface area contributed by atoms with E-state index in [4.69, 9.17) is 4.74 Å². The first-order valence-electron chi connectivity index (χ1n) is 8.97. The summed E-state index contributed by atoms with van der Waals surface area (Å²) < 4.78 is 5.42. The zero-order valence-corrected chi connectivity index (χ0v) is 15.9. The Morgan fingerprint density at radius 1 is 1.44 bits per heavy atom. The standard InChI is InChI=1S/C20H20N2O4S/c1-10-6-7-14-15(8-10)27-19-16(14)18(24)21-17(22-19)11(2)26-20(25)12-4-3-5-13(23)9-12/h3-5,9-11,23H,6-8H2,1-2H3,(H,21,22,24)/t10-,11-/m0/s1. The van der Waals surface area contributed by atoms with Gasteiger partial charge >= 0.3 is 5.97 Å². The normalized spacial score (nSPS) is 17.5. The highest BCUT2D eigenvalue weighted by Gasteiger charge is 2.24. The van der Waals surface area contributed by atoms with E-state index in [1.165, 1.54) is 17.0 Å². The fourth-order valence-electron chi connectivity index (χ4n) is 3.48. The summed E-state index contributed by atoms with van der Waals surface area (Å²) in [6, 6.07) is 5.94. The van der Waals surface area contributed by atoms with Crippen LogP contribution in [0.3, 0.4) is 0 Å². The lowest BCUT2D eigenvalue weighted by Crippen LogP contribution is -2.18. The first-order chi connectivity index (χ1) is 12.9. The van der Waals surface area contributed by atoms with Gasteiger partial charge in [-0.15, -0.1) is 11.3 Å². The number of carbonyl (C=O) groups is 1. The van der Waals surface area contributed by atoms with Crippen molar-refractivity contribution in [3.05, 3.63) is 56.4 Å². The average Bonchev–Trinajstić information content (AvgIpc) is 2.99. The smallest absolute Gasteiger partial charge is 0.338 e. The summed E-state index contributed by atoms with van der Waals surface area (Å²) >= 11 is 1.56. The zero-order valence-electron chi connectivity index (χ0n) is 15.1. The Morgan fingerprint density at radius 2 is 2.26 bits per heavy atom. The number of carbonyl (C=O) groups excluding carboxylic acids is 1. The van der Waals surface area contributed by atoms with Crippen molar-refractivity contribution in [2.24, 2.45) is 5.92 Å². The van der Waals surface area contributed by atoms with Gasteiger partial charge in [0.15, 0.2) is 11.9 Å². The molecule has 2 atom stereocenters. The Labute approximate surface area is 159 Å². The number of aromatic hydroxyl groups is 1. The van der Waals surface area contributed by atoms with Crippen molar-refractivity contribution in [2.45, 2.75) is 39.2 Å². The summed E-state index contributed by atoms with van der Waals surface area (Å²) in [5.41, 5.74) is 1.19. The number of ether oxygens (including phenoxy) is 1. The van der Waals surface area contributed by atoms with Crippen LogP contribution in [0.5, 0.6) is 5.75 Å². The predicted octanol–water partition coefficient (Wildman–Crippen LogP) is 3.73. The number of aromatic nitrogens is 2. The summed E-state index contributed by atoms with van der Waals surface area (Å²) in [5.74, 6) is 0.350. The molecule has 140 valence electrons. The van der Waals surface area contributed by atoms with Gasteiger partial charge in [0.2, 0.25) is 0 Å². The van der Waals surface area contributed by atoms with Crippen LogP contribution in [0.2, 0.25) is 0 Å². The molecule has 1 aromatic carbocycles. The first kappa shape index (κ1) is 17.7. The third-order valence-electron chi connectivity index (χ3n) is 4.93. The van der Waals surface area contributed by atoms with Gasteiger partial charge in [-0.2, -0.15) is 0 Å². The molecule has 0 bridgehead atoms.